The molecule has 0 spiro atoms. The fourth-order valence-electron chi connectivity index (χ4n) is 1.02. The summed E-state index contributed by atoms with van der Waals surface area (Å²) in [6, 6.07) is 6.56. The van der Waals surface area contributed by atoms with Crippen LogP contribution in [0.4, 0.5) is 5.69 Å². The van der Waals surface area contributed by atoms with Crippen LogP contribution in [0.25, 0.3) is 0 Å². The number of anilines is 1. The predicted molar refractivity (Wildman–Crippen MR) is 59.4 cm³/mol. The highest BCUT2D eigenvalue weighted by Crippen LogP contribution is 2.12. The van der Waals surface area contributed by atoms with E-state index in [1.807, 2.05) is 0 Å². The Kier molecular flexibility index (Phi) is 3.93. The summed E-state index contributed by atoms with van der Waals surface area (Å²) in [5.74, 6) is 0.204. The van der Waals surface area contributed by atoms with Crippen molar-refractivity contribution in [3.05, 3.63) is 24.3 Å². The van der Waals surface area contributed by atoms with Gasteiger partial charge in [0.25, 0.3) is 0 Å². The molecular weight excluding hydrogens is 216 g/mol. The molecule has 6 heteroatoms. The van der Waals surface area contributed by atoms with Crippen LogP contribution in [0.1, 0.15) is 0 Å². The van der Waals surface area contributed by atoms with Crippen molar-refractivity contribution in [2.24, 2.45) is 0 Å². The second-order valence-electron chi connectivity index (χ2n) is 3.14. The Hall–Kier alpha value is -1.27. The van der Waals surface area contributed by atoms with E-state index in [1.54, 1.807) is 24.3 Å². The molecule has 0 bridgehead atoms. The molecule has 0 heterocycles. The zero-order valence-corrected chi connectivity index (χ0v) is 9.21. The van der Waals surface area contributed by atoms with E-state index in [0.717, 1.165) is 11.9 Å². The highest BCUT2D eigenvalue weighted by Gasteiger charge is 1.98. The smallest absolute Gasteiger partial charge is 0.208 e. The molecule has 1 aromatic rings. The average Bonchev–Trinajstić information content (AvgIpc) is 2.14. The van der Waals surface area contributed by atoms with E-state index in [4.69, 9.17) is 5.11 Å². The van der Waals surface area contributed by atoms with E-state index >= 15 is 0 Å². The number of phenolic OH excluding ortho intramolecular Hbond substituents is 1. The number of benzene rings is 1. The Morgan fingerprint density at radius 3 is 2.33 bits per heavy atom. The molecule has 0 fully saturated rings. The van der Waals surface area contributed by atoms with Gasteiger partial charge >= 0.3 is 0 Å². The van der Waals surface area contributed by atoms with Crippen molar-refractivity contribution in [2.45, 2.75) is 0 Å². The molecule has 1 aromatic carbocycles. The Labute approximate surface area is 89.2 Å². The third-order valence-corrected chi connectivity index (χ3v) is 2.41. The highest BCUT2D eigenvalue weighted by molar-refractivity contribution is 7.88. The summed E-state index contributed by atoms with van der Waals surface area (Å²) in [7, 11) is -3.12. The minimum Gasteiger partial charge on any atom is -0.508 e. The average molecular weight is 230 g/mol. The van der Waals surface area contributed by atoms with Gasteiger partial charge in [-0.05, 0) is 24.3 Å². The fourth-order valence-corrected chi connectivity index (χ4v) is 1.50. The monoisotopic (exact) mass is 230 g/mol. The zero-order chi connectivity index (χ0) is 11.3. The molecule has 0 radical (unpaired) electrons. The molecule has 0 aliphatic heterocycles. The summed E-state index contributed by atoms with van der Waals surface area (Å²) < 4.78 is 23.8. The maximum atomic E-state index is 10.7. The maximum absolute atomic E-state index is 10.7. The standard InChI is InChI=1S/C9H14N2O3S/c1-15(13,14)11-7-6-10-8-2-4-9(12)5-3-8/h2-5,10-12H,6-7H2,1H3. The first-order valence-corrected chi connectivity index (χ1v) is 6.34. The van der Waals surface area contributed by atoms with Gasteiger partial charge in [-0.15, -0.1) is 0 Å². The number of phenols is 1. The first-order valence-electron chi connectivity index (χ1n) is 4.45. The van der Waals surface area contributed by atoms with Gasteiger partial charge in [0.1, 0.15) is 5.75 Å². The third kappa shape index (κ3) is 5.24. The quantitative estimate of drug-likeness (QED) is 0.504. The van der Waals surface area contributed by atoms with Crippen LogP contribution >= 0.6 is 0 Å². The molecule has 0 amide bonds. The lowest BCUT2D eigenvalue weighted by Gasteiger charge is -2.06. The van der Waals surface area contributed by atoms with Crippen LogP contribution in [0, 0.1) is 0 Å². The van der Waals surface area contributed by atoms with Crippen LogP contribution in [-0.2, 0) is 10.0 Å². The fraction of sp³-hybridized carbons (Fsp3) is 0.333. The van der Waals surface area contributed by atoms with E-state index in [2.05, 4.69) is 10.0 Å². The minimum absolute atomic E-state index is 0.204. The molecule has 84 valence electrons. The van der Waals surface area contributed by atoms with Crippen molar-refractivity contribution in [2.75, 3.05) is 24.7 Å². The predicted octanol–water partition coefficient (Wildman–Crippen LogP) is 0.353. The van der Waals surface area contributed by atoms with E-state index in [9.17, 15) is 8.42 Å². The molecule has 5 nitrogen and oxygen atoms in total. The molecule has 0 aliphatic carbocycles. The van der Waals surface area contributed by atoms with Crippen molar-refractivity contribution < 1.29 is 13.5 Å². The van der Waals surface area contributed by atoms with Gasteiger partial charge in [-0.3, -0.25) is 0 Å². The summed E-state index contributed by atoms with van der Waals surface area (Å²) in [6.45, 7) is 0.831. The van der Waals surface area contributed by atoms with Crippen molar-refractivity contribution in [3.63, 3.8) is 0 Å². The van der Waals surface area contributed by atoms with Gasteiger partial charge in [0.05, 0.1) is 6.26 Å². The van der Waals surface area contributed by atoms with Gasteiger partial charge in [0.15, 0.2) is 0 Å². The van der Waals surface area contributed by atoms with Gasteiger partial charge in [0, 0.05) is 18.8 Å². The van der Waals surface area contributed by atoms with Crippen molar-refractivity contribution in [1.29, 1.82) is 0 Å². The van der Waals surface area contributed by atoms with Crippen LogP contribution in [0.2, 0.25) is 0 Å². The summed E-state index contributed by atoms with van der Waals surface area (Å²) >= 11 is 0. The van der Waals surface area contributed by atoms with Gasteiger partial charge < -0.3 is 10.4 Å². The third-order valence-electron chi connectivity index (χ3n) is 1.69. The topological polar surface area (TPSA) is 78.4 Å². The molecule has 1 rings (SSSR count). The number of rotatable bonds is 5. The van der Waals surface area contributed by atoms with E-state index in [0.29, 0.717) is 13.1 Å². The second kappa shape index (κ2) is 4.99. The lowest BCUT2D eigenvalue weighted by molar-refractivity contribution is 0.475. The summed E-state index contributed by atoms with van der Waals surface area (Å²) in [4.78, 5) is 0. The highest BCUT2D eigenvalue weighted by atomic mass is 32.2. The normalized spacial score (nSPS) is 11.3. The molecule has 3 N–H and O–H groups in total. The molecule has 0 atom stereocenters. The van der Waals surface area contributed by atoms with Gasteiger partial charge in [-0.25, -0.2) is 13.1 Å². The van der Waals surface area contributed by atoms with Crippen LogP contribution in [0.15, 0.2) is 24.3 Å². The van der Waals surface area contributed by atoms with E-state index in [-0.39, 0.29) is 5.75 Å². The first kappa shape index (κ1) is 11.8. The van der Waals surface area contributed by atoms with E-state index in [1.165, 1.54) is 0 Å². The number of sulfonamides is 1. The van der Waals surface area contributed by atoms with Crippen LogP contribution < -0.4 is 10.0 Å². The zero-order valence-electron chi connectivity index (χ0n) is 8.40. The van der Waals surface area contributed by atoms with E-state index < -0.39 is 10.0 Å². The summed E-state index contributed by atoms with van der Waals surface area (Å²) in [6.07, 6.45) is 1.12. The minimum atomic E-state index is -3.12. The lowest BCUT2D eigenvalue weighted by atomic mass is 10.3. The summed E-state index contributed by atoms with van der Waals surface area (Å²) in [5, 5.41) is 12.0. The Bertz CT molecular complexity index is 400. The Morgan fingerprint density at radius 2 is 1.80 bits per heavy atom. The number of nitrogens with one attached hydrogen (secondary N) is 2. The molecule has 0 aliphatic rings. The van der Waals surface area contributed by atoms with Crippen LogP contribution in [-0.4, -0.2) is 32.9 Å². The lowest BCUT2D eigenvalue weighted by Crippen LogP contribution is -2.27. The van der Waals surface area contributed by atoms with Crippen LogP contribution in [0.3, 0.4) is 0 Å². The van der Waals surface area contributed by atoms with Crippen molar-refractivity contribution >= 4 is 15.7 Å². The Morgan fingerprint density at radius 1 is 1.20 bits per heavy atom. The second-order valence-corrected chi connectivity index (χ2v) is 4.97. The van der Waals surface area contributed by atoms with Gasteiger partial charge in [-0.1, -0.05) is 0 Å². The molecule has 0 saturated heterocycles. The number of hydrogen-bond donors (Lipinski definition) is 3. The SMILES string of the molecule is CS(=O)(=O)NCCNc1ccc(O)cc1. The van der Waals surface area contributed by atoms with Crippen molar-refractivity contribution in [1.82, 2.24) is 4.72 Å². The van der Waals surface area contributed by atoms with Crippen molar-refractivity contribution in [3.8, 4) is 5.75 Å². The molecule has 15 heavy (non-hydrogen) atoms. The molecule has 0 saturated carbocycles. The summed E-state index contributed by atoms with van der Waals surface area (Å²) in [5.41, 5.74) is 0.836. The maximum Gasteiger partial charge on any atom is 0.208 e. The largest absolute Gasteiger partial charge is 0.508 e. The Balaban J connectivity index is 2.29. The first-order chi connectivity index (χ1) is 6.97. The van der Waals surface area contributed by atoms with Gasteiger partial charge in [0.2, 0.25) is 10.0 Å². The van der Waals surface area contributed by atoms with Gasteiger partial charge in [-0.2, -0.15) is 0 Å². The molecule has 0 aromatic heterocycles. The molecular formula is C9H14N2O3S. The number of hydrogen-bond acceptors (Lipinski definition) is 4. The number of aromatic hydroxyl groups is 1. The van der Waals surface area contributed by atoms with Crippen LogP contribution in [0.5, 0.6) is 5.75 Å². The molecule has 0 unspecified atom stereocenters.